The molecule has 184 valence electrons. The molecule has 0 spiro atoms. The van der Waals surface area contributed by atoms with Crippen molar-refractivity contribution in [2.24, 2.45) is 11.8 Å². The number of carbonyl (C=O) groups is 2. The van der Waals surface area contributed by atoms with E-state index in [1.807, 2.05) is 0 Å². The highest BCUT2D eigenvalue weighted by Crippen LogP contribution is 2.33. The summed E-state index contributed by atoms with van der Waals surface area (Å²) in [6.07, 6.45) is 12.9. The second-order valence-corrected chi connectivity index (χ2v) is 10.8. The Kier molecular flexibility index (Phi) is 7.91. The summed E-state index contributed by atoms with van der Waals surface area (Å²) in [5.41, 5.74) is 4.68. The van der Waals surface area contributed by atoms with Crippen LogP contribution in [0.5, 0.6) is 0 Å². The zero-order chi connectivity index (χ0) is 24.7. The van der Waals surface area contributed by atoms with Crippen molar-refractivity contribution in [1.29, 1.82) is 0 Å². The van der Waals surface area contributed by atoms with Crippen LogP contribution in [0.25, 0.3) is 17.2 Å². The van der Waals surface area contributed by atoms with Gasteiger partial charge in [-0.3, -0.25) is 14.9 Å². The third-order valence-corrected chi connectivity index (χ3v) is 8.01. The molecule has 0 unspecified atom stereocenters. The highest BCUT2D eigenvalue weighted by atomic mass is 32.2. The molecule has 1 aliphatic heterocycles. The highest BCUT2D eigenvalue weighted by Gasteiger charge is 2.25. The first kappa shape index (κ1) is 24.4. The molecule has 0 radical (unpaired) electrons. The molecule has 1 aromatic heterocycles. The first-order valence-electron chi connectivity index (χ1n) is 12.8. The molecule has 1 N–H and O–H groups in total. The number of nitrogens with one attached hydrogen (secondary N) is 1. The zero-order valence-electron chi connectivity index (χ0n) is 20.4. The third kappa shape index (κ3) is 6.49. The van der Waals surface area contributed by atoms with Crippen LogP contribution in [0.1, 0.15) is 55.6 Å². The SMILES string of the molecule is O=C1NC(=O)/C(=C/c2ccnc(CC3CCC(CCCc4cccc(-c5ccccc5)c4)CC3)n2)S1. The van der Waals surface area contributed by atoms with Crippen LogP contribution in [0.3, 0.4) is 0 Å². The summed E-state index contributed by atoms with van der Waals surface area (Å²) >= 11 is 0.916. The molecule has 5 nitrogen and oxygen atoms in total. The van der Waals surface area contributed by atoms with Gasteiger partial charge in [-0.2, -0.15) is 0 Å². The van der Waals surface area contributed by atoms with E-state index in [2.05, 4.69) is 69.9 Å². The van der Waals surface area contributed by atoms with Gasteiger partial charge in [0.05, 0.1) is 10.6 Å². The number of aryl methyl sites for hydroxylation is 1. The van der Waals surface area contributed by atoms with Crippen LogP contribution in [0.15, 0.2) is 71.8 Å². The minimum Gasteiger partial charge on any atom is -0.282 e. The summed E-state index contributed by atoms with van der Waals surface area (Å²) in [5, 5.41) is 1.94. The van der Waals surface area contributed by atoms with Crippen LogP contribution in [0.4, 0.5) is 4.79 Å². The van der Waals surface area contributed by atoms with Gasteiger partial charge in [0, 0.05) is 12.6 Å². The summed E-state index contributed by atoms with van der Waals surface area (Å²) in [6, 6.07) is 21.3. The summed E-state index contributed by atoms with van der Waals surface area (Å²) in [5.74, 6) is 1.89. The van der Waals surface area contributed by atoms with Crippen LogP contribution >= 0.6 is 11.8 Å². The molecular formula is C30H31N3O2S. The van der Waals surface area contributed by atoms with Gasteiger partial charge < -0.3 is 0 Å². The van der Waals surface area contributed by atoms with Crippen molar-refractivity contribution in [2.45, 2.75) is 51.4 Å². The van der Waals surface area contributed by atoms with E-state index in [9.17, 15) is 9.59 Å². The predicted octanol–water partition coefficient (Wildman–Crippen LogP) is 6.84. The van der Waals surface area contributed by atoms with Gasteiger partial charge in [0.25, 0.3) is 11.1 Å². The van der Waals surface area contributed by atoms with E-state index in [1.165, 1.54) is 55.2 Å². The van der Waals surface area contributed by atoms with E-state index in [-0.39, 0.29) is 11.1 Å². The van der Waals surface area contributed by atoms with Crippen LogP contribution < -0.4 is 5.32 Å². The van der Waals surface area contributed by atoms with Crippen LogP contribution in [-0.2, 0) is 17.6 Å². The van der Waals surface area contributed by atoms with Crippen molar-refractivity contribution in [3.8, 4) is 11.1 Å². The Balaban J connectivity index is 1.07. The quantitative estimate of drug-likeness (QED) is 0.345. The summed E-state index contributed by atoms with van der Waals surface area (Å²) in [7, 11) is 0. The molecule has 36 heavy (non-hydrogen) atoms. The third-order valence-electron chi connectivity index (χ3n) is 7.20. The van der Waals surface area contributed by atoms with Crippen molar-refractivity contribution in [3.63, 3.8) is 0 Å². The van der Waals surface area contributed by atoms with Gasteiger partial charge in [0.1, 0.15) is 5.82 Å². The van der Waals surface area contributed by atoms with E-state index in [4.69, 9.17) is 0 Å². The molecule has 2 fully saturated rings. The average molecular weight is 498 g/mol. The van der Waals surface area contributed by atoms with E-state index in [1.54, 1.807) is 18.3 Å². The van der Waals surface area contributed by atoms with Crippen LogP contribution in [-0.4, -0.2) is 21.1 Å². The van der Waals surface area contributed by atoms with Gasteiger partial charge >= 0.3 is 0 Å². The number of amides is 2. The maximum atomic E-state index is 11.8. The van der Waals surface area contributed by atoms with E-state index < -0.39 is 0 Å². The summed E-state index contributed by atoms with van der Waals surface area (Å²) < 4.78 is 0. The van der Waals surface area contributed by atoms with Gasteiger partial charge in [-0.15, -0.1) is 0 Å². The van der Waals surface area contributed by atoms with E-state index in [0.29, 0.717) is 16.5 Å². The Morgan fingerprint density at radius 1 is 0.917 bits per heavy atom. The topological polar surface area (TPSA) is 72.0 Å². The Bertz CT molecular complexity index is 1250. The second-order valence-electron chi connectivity index (χ2n) is 9.80. The number of thioether (sulfide) groups is 1. The smallest absolute Gasteiger partial charge is 0.282 e. The number of carbonyl (C=O) groups excluding carboxylic acids is 2. The molecule has 0 atom stereocenters. The van der Waals surface area contributed by atoms with Crippen molar-refractivity contribution in [2.75, 3.05) is 0 Å². The molecule has 2 aromatic carbocycles. The minimum atomic E-state index is -0.354. The van der Waals surface area contributed by atoms with Crippen LogP contribution in [0, 0.1) is 11.8 Å². The predicted molar refractivity (Wildman–Crippen MR) is 145 cm³/mol. The monoisotopic (exact) mass is 497 g/mol. The van der Waals surface area contributed by atoms with Crippen LogP contribution in [0.2, 0.25) is 0 Å². The minimum absolute atomic E-state index is 0.335. The lowest BCUT2D eigenvalue weighted by Crippen LogP contribution is -2.18. The fraction of sp³-hybridized carbons (Fsp3) is 0.333. The molecule has 2 aliphatic rings. The fourth-order valence-corrected chi connectivity index (χ4v) is 5.93. The number of hydrogen-bond acceptors (Lipinski definition) is 5. The van der Waals surface area contributed by atoms with Gasteiger partial charge in [0.2, 0.25) is 0 Å². The standard InChI is InChI=1S/C30H31N3O2S/c34-29-27(36-30(35)33-29)20-26-16-17-31-28(32-26)19-23-14-12-21(13-15-23)6-4-7-22-8-5-11-25(18-22)24-9-2-1-3-10-24/h1-3,5,8-11,16-18,20-21,23H,4,6-7,12-15,19H2,(H,33,34,35)/b27-20-. The number of hydrogen-bond donors (Lipinski definition) is 1. The van der Waals surface area contributed by atoms with Crippen molar-refractivity contribution in [1.82, 2.24) is 15.3 Å². The average Bonchev–Trinajstić information content (AvgIpc) is 3.22. The lowest BCUT2D eigenvalue weighted by atomic mass is 9.78. The molecule has 1 aliphatic carbocycles. The van der Waals surface area contributed by atoms with E-state index >= 15 is 0 Å². The zero-order valence-corrected chi connectivity index (χ0v) is 21.2. The number of imide groups is 1. The second kappa shape index (κ2) is 11.7. The Morgan fingerprint density at radius 3 is 2.47 bits per heavy atom. The number of aromatic nitrogens is 2. The molecule has 2 amide bonds. The largest absolute Gasteiger partial charge is 0.290 e. The van der Waals surface area contributed by atoms with Gasteiger partial charge in [-0.25, -0.2) is 9.97 Å². The number of rotatable bonds is 8. The normalized spacial score (nSPS) is 21.1. The first-order valence-corrected chi connectivity index (χ1v) is 13.7. The van der Waals surface area contributed by atoms with Gasteiger partial charge in [0.15, 0.2) is 0 Å². The molecule has 5 rings (SSSR count). The Labute approximate surface area is 216 Å². The first-order chi connectivity index (χ1) is 17.6. The highest BCUT2D eigenvalue weighted by molar-refractivity contribution is 8.18. The Morgan fingerprint density at radius 2 is 1.69 bits per heavy atom. The molecule has 1 saturated carbocycles. The van der Waals surface area contributed by atoms with Crippen molar-refractivity contribution < 1.29 is 9.59 Å². The summed E-state index contributed by atoms with van der Waals surface area (Å²) in [4.78, 5) is 32.6. The molecular weight excluding hydrogens is 466 g/mol. The van der Waals surface area contributed by atoms with Crippen molar-refractivity contribution in [3.05, 3.63) is 88.8 Å². The van der Waals surface area contributed by atoms with Crippen molar-refractivity contribution >= 4 is 29.0 Å². The molecule has 1 saturated heterocycles. The fourth-order valence-electron chi connectivity index (χ4n) is 5.26. The molecule has 3 aromatic rings. The Hall–Kier alpha value is -3.25. The van der Waals surface area contributed by atoms with Gasteiger partial charge in [-0.1, -0.05) is 73.9 Å². The lowest BCUT2D eigenvalue weighted by molar-refractivity contribution is -0.115. The van der Waals surface area contributed by atoms with E-state index in [0.717, 1.165) is 36.3 Å². The molecule has 2 heterocycles. The summed E-state index contributed by atoms with van der Waals surface area (Å²) in [6.45, 7) is 0. The molecule has 0 bridgehead atoms. The number of nitrogens with zero attached hydrogens (tertiary/aromatic N) is 2. The molecule has 6 heteroatoms. The maximum absolute atomic E-state index is 11.8. The van der Waals surface area contributed by atoms with Gasteiger partial charge in [-0.05, 0) is 78.1 Å². The maximum Gasteiger partial charge on any atom is 0.290 e. The lowest BCUT2D eigenvalue weighted by Gasteiger charge is -2.28. The number of benzene rings is 2.